The van der Waals surface area contributed by atoms with Crippen molar-refractivity contribution in [3.05, 3.63) is 90.0 Å². The third-order valence-electron chi connectivity index (χ3n) is 4.05. The molecule has 0 aromatic heterocycles. The summed E-state index contributed by atoms with van der Waals surface area (Å²) in [5.41, 5.74) is -0.445. The summed E-state index contributed by atoms with van der Waals surface area (Å²) in [5, 5.41) is 19.8. The van der Waals surface area contributed by atoms with Gasteiger partial charge < -0.3 is 14.8 Å². The van der Waals surface area contributed by atoms with Gasteiger partial charge in [0.2, 0.25) is 0 Å². The number of hydrogen-bond donors (Lipinski definition) is 2. The van der Waals surface area contributed by atoms with Gasteiger partial charge in [-0.2, -0.15) is 0 Å². The fraction of sp³-hybridized carbons (Fsp3) is 0. The Balaban J connectivity index is 2.36. The lowest BCUT2D eigenvalue weighted by Gasteiger charge is -2.21. The Kier molecular flexibility index (Phi) is 4.74. The van der Waals surface area contributed by atoms with Crippen molar-refractivity contribution >= 4 is 35.0 Å². The van der Waals surface area contributed by atoms with Gasteiger partial charge in [0.05, 0.1) is 11.1 Å². The predicted octanol–water partition coefficient (Wildman–Crippen LogP) is 2.72. The molecule has 130 valence electrons. The minimum atomic E-state index is -3.49. The van der Waals surface area contributed by atoms with Gasteiger partial charge in [-0.1, -0.05) is 60.7 Å². The average molecular weight is 366 g/mol. The van der Waals surface area contributed by atoms with E-state index in [9.17, 15) is 19.3 Å². The third kappa shape index (κ3) is 3.05. The highest BCUT2D eigenvalue weighted by Crippen LogP contribution is 2.43. The molecule has 2 N–H and O–H groups in total. The fourth-order valence-corrected chi connectivity index (χ4v) is 5.64. The predicted molar refractivity (Wildman–Crippen MR) is 99.8 cm³/mol. The maximum Gasteiger partial charge on any atom is 0.336 e. The largest absolute Gasteiger partial charge is 0.478 e. The number of hydrogen-bond acceptors (Lipinski definition) is 3. The summed E-state index contributed by atoms with van der Waals surface area (Å²) < 4.78 is 14.2. The van der Waals surface area contributed by atoms with Crippen molar-refractivity contribution in [2.75, 3.05) is 0 Å². The average Bonchev–Trinajstić information content (AvgIpc) is 2.68. The number of aromatic carboxylic acids is 2. The van der Waals surface area contributed by atoms with E-state index in [1.165, 1.54) is 12.1 Å². The van der Waals surface area contributed by atoms with Crippen molar-refractivity contribution in [3.63, 3.8) is 0 Å². The van der Waals surface area contributed by atoms with Crippen LogP contribution in [0.5, 0.6) is 0 Å². The van der Waals surface area contributed by atoms with Gasteiger partial charge in [-0.25, -0.2) is 9.59 Å². The standard InChI is InChI=1S/C20H15O5P/c21-19(22)14-11-12-18(17(13-14)20(23)24)26(25,15-7-3-1-4-8-15)16-9-5-2-6-10-16/h1-13H,(H,21,22)(H,23,24). The van der Waals surface area contributed by atoms with Crippen molar-refractivity contribution in [1.82, 2.24) is 0 Å². The molecule has 3 aromatic carbocycles. The molecule has 0 aliphatic carbocycles. The van der Waals surface area contributed by atoms with E-state index < -0.39 is 19.1 Å². The molecule has 0 saturated carbocycles. The van der Waals surface area contributed by atoms with Gasteiger partial charge in [-0.15, -0.1) is 0 Å². The zero-order chi connectivity index (χ0) is 18.7. The first kappa shape index (κ1) is 17.6. The summed E-state index contributed by atoms with van der Waals surface area (Å²) in [7, 11) is -3.49. The van der Waals surface area contributed by atoms with Crippen LogP contribution in [0, 0.1) is 0 Å². The Hall–Kier alpha value is -3.17. The van der Waals surface area contributed by atoms with Gasteiger partial charge in [0.15, 0.2) is 7.14 Å². The molecule has 26 heavy (non-hydrogen) atoms. The van der Waals surface area contributed by atoms with Gasteiger partial charge in [0.1, 0.15) is 0 Å². The monoisotopic (exact) mass is 366 g/mol. The number of carboxylic acid groups (broad SMARTS) is 2. The quantitative estimate of drug-likeness (QED) is 0.678. The number of rotatable bonds is 5. The van der Waals surface area contributed by atoms with Gasteiger partial charge in [-0.3, -0.25) is 0 Å². The summed E-state index contributed by atoms with van der Waals surface area (Å²) in [5.74, 6) is -2.57. The summed E-state index contributed by atoms with van der Waals surface area (Å²) in [6.45, 7) is 0. The summed E-state index contributed by atoms with van der Waals surface area (Å²) in [6, 6.07) is 20.9. The molecule has 0 unspecified atom stereocenters. The summed E-state index contributed by atoms with van der Waals surface area (Å²) in [4.78, 5) is 23.0. The zero-order valence-electron chi connectivity index (χ0n) is 13.6. The van der Waals surface area contributed by atoms with Crippen LogP contribution in [0.3, 0.4) is 0 Å². The lowest BCUT2D eigenvalue weighted by Crippen LogP contribution is -2.29. The van der Waals surface area contributed by atoms with Crippen molar-refractivity contribution < 1.29 is 24.4 Å². The third-order valence-corrected chi connectivity index (χ3v) is 7.17. The van der Waals surface area contributed by atoms with Crippen LogP contribution in [0.1, 0.15) is 20.7 Å². The SMILES string of the molecule is O=C(O)c1ccc(P(=O)(c2ccccc2)c2ccccc2)c(C(=O)O)c1. The highest BCUT2D eigenvalue weighted by molar-refractivity contribution is 7.85. The minimum Gasteiger partial charge on any atom is -0.478 e. The lowest BCUT2D eigenvalue weighted by molar-refractivity contribution is 0.0696. The molecule has 3 rings (SSSR count). The molecule has 3 aromatic rings. The van der Waals surface area contributed by atoms with Crippen LogP contribution in [-0.2, 0) is 4.57 Å². The fourth-order valence-electron chi connectivity index (χ4n) is 2.82. The summed E-state index contributed by atoms with van der Waals surface area (Å²) >= 11 is 0. The normalized spacial score (nSPS) is 11.1. The zero-order valence-corrected chi connectivity index (χ0v) is 14.5. The van der Waals surface area contributed by atoms with Crippen LogP contribution in [0.15, 0.2) is 78.9 Å². The van der Waals surface area contributed by atoms with Crippen molar-refractivity contribution in [3.8, 4) is 0 Å². The second-order valence-corrected chi connectivity index (χ2v) is 8.36. The van der Waals surface area contributed by atoms with Crippen LogP contribution < -0.4 is 15.9 Å². The van der Waals surface area contributed by atoms with Crippen molar-refractivity contribution in [2.24, 2.45) is 0 Å². The van der Waals surface area contributed by atoms with E-state index in [1.54, 1.807) is 60.7 Å². The molecule has 5 nitrogen and oxygen atoms in total. The molecule has 0 atom stereocenters. The minimum absolute atomic E-state index is 0.104. The highest BCUT2D eigenvalue weighted by atomic mass is 31.2. The first-order chi connectivity index (χ1) is 12.4. The Bertz CT molecular complexity index is 969. The lowest BCUT2D eigenvalue weighted by atomic mass is 10.1. The molecule has 0 amide bonds. The number of carbonyl (C=O) groups is 2. The number of carboxylic acids is 2. The first-order valence-electron chi connectivity index (χ1n) is 7.77. The van der Waals surface area contributed by atoms with E-state index >= 15 is 0 Å². The van der Waals surface area contributed by atoms with E-state index in [2.05, 4.69) is 0 Å². The van der Waals surface area contributed by atoms with Crippen LogP contribution >= 0.6 is 7.14 Å². The number of benzene rings is 3. The topological polar surface area (TPSA) is 91.7 Å². The molecular weight excluding hydrogens is 351 g/mol. The summed E-state index contributed by atoms with van der Waals surface area (Å²) in [6.07, 6.45) is 0. The van der Waals surface area contributed by atoms with E-state index in [0.717, 1.165) is 6.07 Å². The molecule has 6 heteroatoms. The van der Waals surface area contributed by atoms with Crippen LogP contribution in [0.2, 0.25) is 0 Å². The Labute approximate surface area is 149 Å². The van der Waals surface area contributed by atoms with Gasteiger partial charge in [0.25, 0.3) is 0 Å². The molecule has 0 bridgehead atoms. The first-order valence-corrected chi connectivity index (χ1v) is 9.48. The molecule has 0 aliphatic rings. The second kappa shape index (κ2) is 6.98. The maximum absolute atomic E-state index is 14.2. The van der Waals surface area contributed by atoms with Gasteiger partial charge >= 0.3 is 11.9 Å². The van der Waals surface area contributed by atoms with E-state index in [0.29, 0.717) is 10.6 Å². The van der Waals surface area contributed by atoms with Gasteiger partial charge in [-0.05, 0) is 18.2 Å². The molecule has 0 aliphatic heterocycles. The molecular formula is C20H15O5P. The molecule has 0 spiro atoms. The van der Waals surface area contributed by atoms with E-state index in [-0.39, 0.29) is 16.4 Å². The van der Waals surface area contributed by atoms with Gasteiger partial charge in [0, 0.05) is 15.9 Å². The van der Waals surface area contributed by atoms with Crippen LogP contribution in [0.4, 0.5) is 0 Å². The molecule has 0 heterocycles. The van der Waals surface area contributed by atoms with E-state index in [4.69, 9.17) is 5.11 Å². The highest BCUT2D eigenvalue weighted by Gasteiger charge is 2.33. The molecule has 0 saturated heterocycles. The Morgan fingerprint density at radius 3 is 1.62 bits per heavy atom. The van der Waals surface area contributed by atoms with Crippen molar-refractivity contribution in [2.45, 2.75) is 0 Å². The molecule has 0 radical (unpaired) electrons. The van der Waals surface area contributed by atoms with E-state index in [1.807, 2.05) is 0 Å². The Morgan fingerprint density at radius 2 is 1.19 bits per heavy atom. The maximum atomic E-state index is 14.2. The van der Waals surface area contributed by atoms with Crippen LogP contribution in [-0.4, -0.2) is 22.2 Å². The van der Waals surface area contributed by atoms with Crippen LogP contribution in [0.25, 0.3) is 0 Å². The van der Waals surface area contributed by atoms with Crippen molar-refractivity contribution in [1.29, 1.82) is 0 Å². The molecule has 0 fully saturated rings. The Morgan fingerprint density at radius 1 is 0.692 bits per heavy atom. The smallest absolute Gasteiger partial charge is 0.336 e. The second-order valence-electron chi connectivity index (χ2n) is 5.62.